The SMILES string of the molecule is Nc1[nH]ncc1S(=O)(=O)Nc1ccccc1C(F)(F)F. The second-order valence-corrected chi connectivity index (χ2v) is 5.45. The zero-order valence-corrected chi connectivity index (χ0v) is 10.6. The van der Waals surface area contributed by atoms with E-state index in [2.05, 4.69) is 10.2 Å². The van der Waals surface area contributed by atoms with Gasteiger partial charge < -0.3 is 5.73 Å². The molecule has 2 rings (SSSR count). The van der Waals surface area contributed by atoms with Gasteiger partial charge in [0.15, 0.2) is 0 Å². The summed E-state index contributed by atoms with van der Waals surface area (Å²) in [7, 11) is -4.25. The number of nitrogen functional groups attached to an aromatic ring is 1. The van der Waals surface area contributed by atoms with Gasteiger partial charge in [-0.05, 0) is 12.1 Å². The lowest BCUT2D eigenvalue weighted by atomic mass is 10.2. The van der Waals surface area contributed by atoms with Gasteiger partial charge >= 0.3 is 6.18 Å². The van der Waals surface area contributed by atoms with Gasteiger partial charge in [-0.25, -0.2) is 8.42 Å². The first kappa shape index (κ1) is 14.2. The van der Waals surface area contributed by atoms with Crippen LogP contribution in [-0.4, -0.2) is 18.6 Å². The van der Waals surface area contributed by atoms with E-state index >= 15 is 0 Å². The smallest absolute Gasteiger partial charge is 0.383 e. The first-order valence-corrected chi connectivity index (χ1v) is 6.68. The average Bonchev–Trinajstić information content (AvgIpc) is 2.75. The number of alkyl halides is 3. The maximum absolute atomic E-state index is 12.8. The number of para-hydroxylation sites is 1. The highest BCUT2D eigenvalue weighted by atomic mass is 32.2. The van der Waals surface area contributed by atoms with Crippen LogP contribution in [0.3, 0.4) is 0 Å². The summed E-state index contributed by atoms with van der Waals surface area (Å²) < 4.78 is 64.0. The lowest BCUT2D eigenvalue weighted by molar-refractivity contribution is -0.136. The maximum Gasteiger partial charge on any atom is 0.418 e. The Morgan fingerprint density at radius 2 is 1.90 bits per heavy atom. The van der Waals surface area contributed by atoms with Gasteiger partial charge in [0.1, 0.15) is 10.7 Å². The number of sulfonamides is 1. The molecule has 0 radical (unpaired) electrons. The zero-order valence-electron chi connectivity index (χ0n) is 9.77. The van der Waals surface area contributed by atoms with Gasteiger partial charge in [0.05, 0.1) is 17.4 Å². The van der Waals surface area contributed by atoms with E-state index in [0.717, 1.165) is 24.4 Å². The lowest BCUT2D eigenvalue weighted by Gasteiger charge is -2.14. The Kier molecular flexibility index (Phi) is 3.34. The normalized spacial score (nSPS) is 12.3. The Morgan fingerprint density at radius 1 is 1.25 bits per heavy atom. The summed E-state index contributed by atoms with van der Waals surface area (Å²) in [4.78, 5) is -0.422. The van der Waals surface area contributed by atoms with Crippen molar-refractivity contribution in [3.8, 4) is 0 Å². The highest BCUT2D eigenvalue weighted by Gasteiger charge is 2.34. The first-order chi connectivity index (χ1) is 9.22. The largest absolute Gasteiger partial charge is 0.418 e. The molecule has 0 unspecified atom stereocenters. The van der Waals surface area contributed by atoms with Crippen molar-refractivity contribution in [1.82, 2.24) is 10.2 Å². The van der Waals surface area contributed by atoms with Gasteiger partial charge in [-0.15, -0.1) is 0 Å². The van der Waals surface area contributed by atoms with E-state index in [1.807, 2.05) is 4.72 Å². The van der Waals surface area contributed by atoms with Gasteiger partial charge in [0, 0.05) is 0 Å². The highest BCUT2D eigenvalue weighted by Crippen LogP contribution is 2.35. The number of rotatable bonds is 3. The molecule has 10 heteroatoms. The molecule has 1 aromatic carbocycles. The van der Waals surface area contributed by atoms with Crippen LogP contribution < -0.4 is 10.5 Å². The van der Waals surface area contributed by atoms with Crippen molar-refractivity contribution in [2.75, 3.05) is 10.5 Å². The third-order valence-electron chi connectivity index (χ3n) is 2.40. The molecule has 0 aliphatic rings. The fraction of sp³-hybridized carbons (Fsp3) is 0.100. The van der Waals surface area contributed by atoms with Crippen molar-refractivity contribution >= 4 is 21.5 Å². The number of hydrogen-bond donors (Lipinski definition) is 3. The summed E-state index contributed by atoms with van der Waals surface area (Å²) in [5.74, 6) is -0.262. The summed E-state index contributed by atoms with van der Waals surface area (Å²) in [5.41, 5.74) is 3.67. The molecule has 0 amide bonds. The minimum Gasteiger partial charge on any atom is -0.383 e. The molecule has 0 saturated carbocycles. The average molecular weight is 306 g/mol. The number of nitrogens with one attached hydrogen (secondary N) is 2. The van der Waals surface area contributed by atoms with Crippen molar-refractivity contribution in [3.63, 3.8) is 0 Å². The fourth-order valence-electron chi connectivity index (χ4n) is 1.52. The molecule has 0 aliphatic carbocycles. The monoisotopic (exact) mass is 306 g/mol. The van der Waals surface area contributed by atoms with Crippen LogP contribution in [0.5, 0.6) is 0 Å². The standard InChI is InChI=1S/C10H9F3N4O2S/c11-10(12,13)6-3-1-2-4-7(6)17-20(18,19)8-5-15-16-9(8)14/h1-5,17H,(H3,14,15,16). The number of hydrogen-bond acceptors (Lipinski definition) is 4. The van der Waals surface area contributed by atoms with Crippen molar-refractivity contribution in [3.05, 3.63) is 36.0 Å². The molecule has 0 bridgehead atoms. The van der Waals surface area contributed by atoms with Crippen LogP contribution in [0.2, 0.25) is 0 Å². The molecule has 0 spiro atoms. The van der Waals surface area contributed by atoms with Crippen LogP contribution in [0.15, 0.2) is 35.4 Å². The van der Waals surface area contributed by atoms with E-state index in [0.29, 0.717) is 0 Å². The van der Waals surface area contributed by atoms with E-state index in [1.165, 1.54) is 6.07 Å². The second kappa shape index (κ2) is 4.71. The van der Waals surface area contributed by atoms with E-state index < -0.39 is 32.3 Å². The first-order valence-electron chi connectivity index (χ1n) is 5.20. The van der Waals surface area contributed by atoms with Crippen molar-refractivity contribution in [1.29, 1.82) is 0 Å². The maximum atomic E-state index is 12.8. The van der Waals surface area contributed by atoms with E-state index in [9.17, 15) is 21.6 Å². The summed E-state index contributed by atoms with van der Waals surface area (Å²) in [6.45, 7) is 0. The topological polar surface area (TPSA) is 101 Å². The van der Waals surface area contributed by atoms with Crippen LogP contribution in [0.1, 0.15) is 5.56 Å². The molecule has 0 saturated heterocycles. The van der Waals surface area contributed by atoms with Crippen molar-refractivity contribution < 1.29 is 21.6 Å². The number of aromatic nitrogens is 2. The fourth-order valence-corrected chi connectivity index (χ4v) is 2.62. The van der Waals surface area contributed by atoms with Crippen LogP contribution in [0, 0.1) is 0 Å². The Labute approximate surface area is 111 Å². The molecule has 108 valence electrons. The van der Waals surface area contributed by atoms with Crippen LogP contribution in [-0.2, 0) is 16.2 Å². The summed E-state index contributed by atoms with van der Waals surface area (Å²) in [5, 5.41) is 5.60. The van der Waals surface area contributed by atoms with Gasteiger partial charge in [-0.3, -0.25) is 9.82 Å². The second-order valence-electron chi connectivity index (χ2n) is 3.80. The van der Waals surface area contributed by atoms with Gasteiger partial charge in [0.25, 0.3) is 10.0 Å². The quantitative estimate of drug-likeness (QED) is 0.805. The molecule has 2 aromatic rings. The summed E-state index contributed by atoms with van der Waals surface area (Å²) in [6, 6.07) is 4.23. The van der Waals surface area contributed by atoms with Gasteiger partial charge in [0.2, 0.25) is 0 Å². The number of nitrogens with zero attached hydrogens (tertiary/aromatic N) is 1. The number of anilines is 2. The molecule has 0 aliphatic heterocycles. The van der Waals surface area contributed by atoms with Crippen molar-refractivity contribution in [2.45, 2.75) is 11.1 Å². The predicted octanol–water partition coefficient (Wildman–Crippen LogP) is 1.81. The number of benzene rings is 1. The van der Waals surface area contributed by atoms with Gasteiger partial charge in [-0.2, -0.15) is 18.3 Å². The Balaban J connectivity index is 2.44. The van der Waals surface area contributed by atoms with Gasteiger partial charge in [-0.1, -0.05) is 12.1 Å². The number of halogens is 3. The van der Waals surface area contributed by atoms with E-state index in [-0.39, 0.29) is 5.82 Å². The van der Waals surface area contributed by atoms with Crippen LogP contribution in [0.25, 0.3) is 0 Å². The van der Waals surface area contributed by atoms with Crippen LogP contribution >= 0.6 is 0 Å². The predicted molar refractivity (Wildman–Crippen MR) is 65.3 cm³/mol. The Bertz CT molecular complexity index is 724. The van der Waals surface area contributed by atoms with Crippen molar-refractivity contribution in [2.24, 2.45) is 0 Å². The molecule has 20 heavy (non-hydrogen) atoms. The highest BCUT2D eigenvalue weighted by molar-refractivity contribution is 7.92. The molecule has 0 fully saturated rings. The Hall–Kier alpha value is -2.23. The number of H-pyrrole nitrogens is 1. The van der Waals surface area contributed by atoms with E-state index in [1.54, 1.807) is 0 Å². The lowest BCUT2D eigenvalue weighted by Crippen LogP contribution is -2.17. The zero-order chi connectivity index (χ0) is 15.0. The molecular formula is C10H9F3N4O2S. The third-order valence-corrected chi connectivity index (χ3v) is 3.79. The molecule has 1 heterocycles. The molecule has 6 nitrogen and oxygen atoms in total. The molecular weight excluding hydrogens is 297 g/mol. The van der Waals surface area contributed by atoms with Crippen LogP contribution in [0.4, 0.5) is 24.7 Å². The molecule has 1 aromatic heterocycles. The summed E-state index contributed by atoms with van der Waals surface area (Å²) >= 11 is 0. The summed E-state index contributed by atoms with van der Waals surface area (Å²) in [6.07, 6.45) is -3.77. The van der Waals surface area contributed by atoms with E-state index in [4.69, 9.17) is 5.73 Å². The third kappa shape index (κ3) is 2.69. The molecule has 4 N–H and O–H groups in total. The Morgan fingerprint density at radius 3 is 2.45 bits per heavy atom. The number of nitrogens with two attached hydrogens (primary N) is 1. The number of aromatic amines is 1. The minimum absolute atomic E-state index is 0.262. The molecule has 0 atom stereocenters. The minimum atomic E-state index is -4.68.